The second-order valence-corrected chi connectivity index (χ2v) is 3.08. The summed E-state index contributed by atoms with van der Waals surface area (Å²) in [6.45, 7) is -1.88. The van der Waals surface area contributed by atoms with Crippen LogP contribution in [0.1, 0.15) is 15.9 Å². The van der Waals surface area contributed by atoms with E-state index in [1.165, 1.54) is 6.92 Å². The van der Waals surface area contributed by atoms with E-state index < -0.39 is 34.5 Å². The van der Waals surface area contributed by atoms with Gasteiger partial charge in [-0.3, -0.25) is 10.1 Å². The van der Waals surface area contributed by atoms with Crippen molar-refractivity contribution in [3.05, 3.63) is 33.4 Å². The maximum Gasteiger partial charge on any atom is 0.387 e. The smallest absolute Gasteiger partial charge is 0.387 e. The van der Waals surface area contributed by atoms with Crippen molar-refractivity contribution in [2.75, 3.05) is 0 Å². The minimum Gasteiger partial charge on any atom is -0.477 e. The monoisotopic (exact) mass is 247 g/mol. The average molecular weight is 247 g/mol. The molecule has 0 radical (unpaired) electrons. The van der Waals surface area contributed by atoms with Gasteiger partial charge in [-0.1, -0.05) is 0 Å². The van der Waals surface area contributed by atoms with Crippen LogP contribution in [0.3, 0.4) is 0 Å². The molecule has 1 rings (SSSR count). The molecule has 1 aromatic rings. The molecule has 17 heavy (non-hydrogen) atoms. The number of carboxylic acid groups (broad SMARTS) is 1. The number of hydrogen-bond acceptors (Lipinski definition) is 4. The lowest BCUT2D eigenvalue weighted by Crippen LogP contribution is -2.08. The van der Waals surface area contributed by atoms with E-state index in [0.717, 1.165) is 6.07 Å². The van der Waals surface area contributed by atoms with E-state index in [9.17, 15) is 23.7 Å². The second-order valence-electron chi connectivity index (χ2n) is 3.08. The molecule has 0 saturated heterocycles. The highest BCUT2D eigenvalue weighted by Gasteiger charge is 2.24. The number of aromatic carboxylic acids is 1. The minimum absolute atomic E-state index is 0.0256. The third-order valence-electron chi connectivity index (χ3n) is 1.92. The lowest BCUT2D eigenvalue weighted by molar-refractivity contribution is -0.385. The first-order valence-corrected chi connectivity index (χ1v) is 4.30. The first kappa shape index (κ1) is 12.8. The van der Waals surface area contributed by atoms with Crippen LogP contribution in [-0.4, -0.2) is 22.6 Å². The van der Waals surface area contributed by atoms with Gasteiger partial charge in [-0.25, -0.2) is 4.79 Å². The molecule has 0 spiro atoms. The molecular formula is C9H7F2NO5. The molecule has 8 heteroatoms. The highest BCUT2D eigenvalue weighted by Crippen LogP contribution is 2.29. The fraction of sp³-hybridized carbons (Fsp3) is 0.222. The molecule has 1 N–H and O–H groups in total. The number of nitro groups is 1. The SMILES string of the molecule is Cc1cc(OC(F)F)cc([N+](=O)[O-])c1C(=O)O. The van der Waals surface area contributed by atoms with E-state index in [1.54, 1.807) is 0 Å². The lowest BCUT2D eigenvalue weighted by atomic mass is 10.1. The van der Waals surface area contributed by atoms with Gasteiger partial charge in [0.05, 0.1) is 11.0 Å². The molecule has 0 unspecified atom stereocenters. The highest BCUT2D eigenvalue weighted by atomic mass is 19.3. The van der Waals surface area contributed by atoms with Crippen molar-refractivity contribution >= 4 is 11.7 Å². The third-order valence-corrected chi connectivity index (χ3v) is 1.92. The van der Waals surface area contributed by atoms with Crippen molar-refractivity contribution in [3.63, 3.8) is 0 Å². The maximum atomic E-state index is 11.9. The standard InChI is InChI=1S/C9H7F2NO5/c1-4-2-5(17-9(10)11)3-6(12(15)16)7(4)8(13)14/h2-3,9H,1H3,(H,13,14). The number of carbonyl (C=O) groups is 1. The van der Waals surface area contributed by atoms with E-state index in [0.29, 0.717) is 6.07 Å². The predicted octanol–water partition coefficient (Wildman–Crippen LogP) is 2.20. The molecule has 0 saturated carbocycles. The Morgan fingerprint density at radius 2 is 2.12 bits per heavy atom. The van der Waals surface area contributed by atoms with E-state index >= 15 is 0 Å². The number of nitrogens with zero attached hydrogens (tertiary/aromatic N) is 1. The molecule has 0 bridgehead atoms. The van der Waals surface area contributed by atoms with Crippen molar-refractivity contribution in [1.82, 2.24) is 0 Å². The molecular weight excluding hydrogens is 240 g/mol. The number of aryl methyl sites for hydroxylation is 1. The molecule has 6 nitrogen and oxygen atoms in total. The zero-order valence-electron chi connectivity index (χ0n) is 8.52. The van der Waals surface area contributed by atoms with Gasteiger partial charge in [-0.05, 0) is 18.6 Å². The topological polar surface area (TPSA) is 89.7 Å². The number of carboxylic acids is 1. The van der Waals surface area contributed by atoms with E-state index in [-0.39, 0.29) is 5.56 Å². The van der Waals surface area contributed by atoms with Crippen LogP contribution in [0.5, 0.6) is 5.75 Å². The van der Waals surface area contributed by atoms with Gasteiger partial charge < -0.3 is 9.84 Å². The Hall–Kier alpha value is -2.25. The summed E-state index contributed by atoms with van der Waals surface area (Å²) >= 11 is 0. The highest BCUT2D eigenvalue weighted by molar-refractivity contribution is 5.94. The van der Waals surface area contributed by atoms with Crippen molar-refractivity contribution in [2.24, 2.45) is 0 Å². The summed E-state index contributed by atoms with van der Waals surface area (Å²) in [7, 11) is 0. The van der Waals surface area contributed by atoms with Gasteiger partial charge in [0.25, 0.3) is 5.69 Å². The summed E-state index contributed by atoms with van der Waals surface area (Å²) in [5.41, 5.74) is -1.35. The molecule has 0 amide bonds. The van der Waals surface area contributed by atoms with Crippen LogP contribution in [0.25, 0.3) is 0 Å². The van der Waals surface area contributed by atoms with Gasteiger partial charge in [-0.2, -0.15) is 8.78 Å². The Kier molecular flexibility index (Phi) is 3.56. The molecule has 0 fully saturated rings. The van der Waals surface area contributed by atoms with Crippen molar-refractivity contribution in [3.8, 4) is 5.75 Å². The Balaban J connectivity index is 3.36. The fourth-order valence-electron chi connectivity index (χ4n) is 1.33. The van der Waals surface area contributed by atoms with Gasteiger partial charge in [0.1, 0.15) is 11.3 Å². The number of halogens is 2. The van der Waals surface area contributed by atoms with Gasteiger partial charge in [0, 0.05) is 0 Å². The Labute approximate surface area is 93.6 Å². The molecule has 0 aliphatic rings. The molecule has 0 atom stereocenters. The van der Waals surface area contributed by atoms with E-state index in [2.05, 4.69) is 4.74 Å². The van der Waals surface area contributed by atoms with Crippen LogP contribution in [0.15, 0.2) is 12.1 Å². The summed E-state index contributed by atoms with van der Waals surface area (Å²) in [5, 5.41) is 19.4. The lowest BCUT2D eigenvalue weighted by Gasteiger charge is -2.07. The van der Waals surface area contributed by atoms with E-state index in [4.69, 9.17) is 5.11 Å². The fourth-order valence-corrected chi connectivity index (χ4v) is 1.33. The van der Waals surface area contributed by atoms with Crippen LogP contribution in [0.4, 0.5) is 14.5 Å². The molecule has 92 valence electrons. The van der Waals surface area contributed by atoms with Crippen LogP contribution in [0, 0.1) is 17.0 Å². The maximum absolute atomic E-state index is 11.9. The van der Waals surface area contributed by atoms with Gasteiger partial charge in [-0.15, -0.1) is 0 Å². The zero-order valence-corrected chi connectivity index (χ0v) is 8.52. The summed E-state index contributed by atoms with van der Waals surface area (Å²) in [6, 6.07) is 1.66. The predicted molar refractivity (Wildman–Crippen MR) is 51.4 cm³/mol. The quantitative estimate of drug-likeness (QED) is 0.650. The number of ether oxygens (including phenoxy) is 1. The number of rotatable bonds is 4. The summed E-state index contributed by atoms with van der Waals surface area (Å²) in [6.07, 6.45) is 0. The number of benzene rings is 1. The third kappa shape index (κ3) is 2.86. The van der Waals surface area contributed by atoms with Crippen molar-refractivity contribution in [2.45, 2.75) is 13.5 Å². The Morgan fingerprint density at radius 1 is 1.53 bits per heavy atom. The Bertz CT molecular complexity index is 475. The largest absolute Gasteiger partial charge is 0.477 e. The molecule has 0 heterocycles. The molecule has 0 aromatic heterocycles. The molecule has 0 aliphatic carbocycles. The van der Waals surface area contributed by atoms with Crippen LogP contribution in [-0.2, 0) is 0 Å². The molecule has 0 aliphatic heterocycles. The van der Waals surface area contributed by atoms with Crippen molar-refractivity contribution in [1.29, 1.82) is 0 Å². The minimum atomic E-state index is -3.13. The van der Waals surface area contributed by atoms with Crippen molar-refractivity contribution < 1.29 is 28.3 Å². The summed E-state index contributed by atoms with van der Waals surface area (Å²) in [5.74, 6) is -1.95. The van der Waals surface area contributed by atoms with Gasteiger partial charge >= 0.3 is 12.6 Å². The van der Waals surface area contributed by atoms with Crippen LogP contribution in [0.2, 0.25) is 0 Å². The zero-order chi connectivity index (χ0) is 13.2. The number of alkyl halides is 2. The first-order chi connectivity index (χ1) is 7.82. The Morgan fingerprint density at radius 3 is 2.53 bits per heavy atom. The first-order valence-electron chi connectivity index (χ1n) is 4.30. The second kappa shape index (κ2) is 4.73. The van der Waals surface area contributed by atoms with Crippen LogP contribution >= 0.6 is 0 Å². The number of nitro benzene ring substituents is 1. The number of hydrogen-bond donors (Lipinski definition) is 1. The van der Waals surface area contributed by atoms with Gasteiger partial charge in [0.15, 0.2) is 0 Å². The molecule has 1 aromatic carbocycles. The van der Waals surface area contributed by atoms with Gasteiger partial charge in [0.2, 0.25) is 0 Å². The summed E-state index contributed by atoms with van der Waals surface area (Å²) < 4.78 is 27.9. The van der Waals surface area contributed by atoms with E-state index in [1.807, 2.05) is 0 Å². The normalized spacial score (nSPS) is 10.4. The average Bonchev–Trinajstić information content (AvgIpc) is 2.14. The summed E-state index contributed by atoms with van der Waals surface area (Å²) in [4.78, 5) is 20.4. The van der Waals surface area contributed by atoms with Crippen LogP contribution < -0.4 is 4.74 Å².